The van der Waals surface area contributed by atoms with E-state index in [9.17, 15) is 9.59 Å². The molecule has 3 aromatic rings. The van der Waals surface area contributed by atoms with Crippen molar-refractivity contribution >= 4 is 16.7 Å². The minimum absolute atomic E-state index is 0.115. The molecule has 1 aliphatic rings. The van der Waals surface area contributed by atoms with Gasteiger partial charge in [-0.25, -0.2) is 4.68 Å². The van der Waals surface area contributed by atoms with E-state index in [4.69, 9.17) is 0 Å². The Morgan fingerprint density at radius 3 is 2.48 bits per heavy atom. The molecule has 1 aromatic heterocycles. The first-order valence-corrected chi connectivity index (χ1v) is 9.14. The Bertz CT molecular complexity index is 1030. The lowest BCUT2D eigenvalue weighted by Crippen LogP contribution is -2.48. The van der Waals surface area contributed by atoms with Crippen molar-refractivity contribution < 1.29 is 4.79 Å². The van der Waals surface area contributed by atoms with E-state index in [-0.39, 0.29) is 11.5 Å². The third kappa shape index (κ3) is 3.61. The summed E-state index contributed by atoms with van der Waals surface area (Å²) in [5, 5.41) is 6.61. The number of benzene rings is 2. The van der Waals surface area contributed by atoms with E-state index in [0.717, 1.165) is 19.6 Å². The smallest absolute Gasteiger partial charge is 0.274 e. The number of fused-ring (bicyclic) bond motifs is 1. The van der Waals surface area contributed by atoms with Gasteiger partial charge in [0.1, 0.15) is 5.69 Å². The number of carbonyl (C=O) groups excluding carboxylic acids is 1. The predicted octanol–water partition coefficient (Wildman–Crippen LogP) is 1.89. The molecule has 2 heterocycles. The second kappa shape index (κ2) is 7.32. The van der Waals surface area contributed by atoms with E-state index in [1.807, 2.05) is 4.90 Å². The molecule has 0 unspecified atom stereocenters. The molecule has 0 saturated carbocycles. The third-order valence-electron chi connectivity index (χ3n) is 5.11. The number of hydrogen-bond donors (Lipinski definition) is 0. The number of amides is 1. The fraction of sp³-hybridized carbons (Fsp3) is 0.286. The van der Waals surface area contributed by atoms with Gasteiger partial charge in [-0.3, -0.25) is 14.5 Å². The van der Waals surface area contributed by atoms with Gasteiger partial charge >= 0.3 is 0 Å². The molecule has 6 nitrogen and oxygen atoms in total. The molecule has 0 atom stereocenters. The van der Waals surface area contributed by atoms with Gasteiger partial charge in [-0.15, -0.1) is 0 Å². The Labute approximate surface area is 157 Å². The summed E-state index contributed by atoms with van der Waals surface area (Å²) in [6.45, 7) is 3.84. The zero-order valence-corrected chi connectivity index (χ0v) is 15.3. The van der Waals surface area contributed by atoms with Gasteiger partial charge in [0, 0.05) is 45.8 Å². The lowest BCUT2D eigenvalue weighted by molar-refractivity contribution is 0.0620. The summed E-state index contributed by atoms with van der Waals surface area (Å²) in [7, 11) is 1.56. The van der Waals surface area contributed by atoms with Crippen molar-refractivity contribution in [2.75, 3.05) is 26.2 Å². The largest absolute Gasteiger partial charge is 0.335 e. The van der Waals surface area contributed by atoms with E-state index in [2.05, 4.69) is 52.5 Å². The van der Waals surface area contributed by atoms with E-state index < -0.39 is 0 Å². The van der Waals surface area contributed by atoms with Gasteiger partial charge in [0.25, 0.3) is 11.5 Å². The van der Waals surface area contributed by atoms with Crippen LogP contribution in [0.25, 0.3) is 10.8 Å². The van der Waals surface area contributed by atoms with E-state index in [1.54, 1.807) is 7.05 Å². The zero-order valence-electron chi connectivity index (χ0n) is 15.3. The molecule has 0 aliphatic carbocycles. The lowest BCUT2D eigenvalue weighted by atomic mass is 10.0. The first-order chi connectivity index (χ1) is 13.1. The van der Waals surface area contributed by atoms with Gasteiger partial charge in [-0.1, -0.05) is 42.5 Å². The van der Waals surface area contributed by atoms with Crippen LogP contribution in [-0.2, 0) is 13.6 Å². The van der Waals surface area contributed by atoms with E-state index in [0.29, 0.717) is 18.8 Å². The van der Waals surface area contributed by atoms with Gasteiger partial charge in [0.2, 0.25) is 0 Å². The van der Waals surface area contributed by atoms with Crippen LogP contribution in [0.2, 0.25) is 0 Å². The molecular weight excluding hydrogens is 340 g/mol. The maximum atomic E-state index is 12.6. The molecule has 2 aromatic carbocycles. The molecule has 4 rings (SSSR count). The fourth-order valence-corrected chi connectivity index (χ4v) is 3.56. The summed E-state index contributed by atoms with van der Waals surface area (Å²) in [6, 6.07) is 17.7. The van der Waals surface area contributed by atoms with E-state index >= 15 is 0 Å². The second-order valence-electron chi connectivity index (χ2n) is 6.89. The first kappa shape index (κ1) is 17.4. The SMILES string of the molecule is Cn1nc(C(=O)N2CCN(Cc3cccc4ccccc34)CC2)ccc1=O. The molecule has 6 heteroatoms. The second-order valence-corrected chi connectivity index (χ2v) is 6.89. The molecule has 0 spiro atoms. The van der Waals surface area contributed by atoms with Crippen molar-refractivity contribution in [2.24, 2.45) is 7.05 Å². The number of hydrogen-bond acceptors (Lipinski definition) is 4. The number of rotatable bonds is 3. The van der Waals surface area contributed by atoms with Crippen molar-refractivity contribution in [3.05, 3.63) is 76.2 Å². The highest BCUT2D eigenvalue weighted by atomic mass is 16.2. The van der Waals surface area contributed by atoms with Crippen molar-refractivity contribution in [3.63, 3.8) is 0 Å². The molecule has 27 heavy (non-hydrogen) atoms. The zero-order chi connectivity index (χ0) is 18.8. The lowest BCUT2D eigenvalue weighted by Gasteiger charge is -2.34. The Hall–Kier alpha value is -2.99. The van der Waals surface area contributed by atoms with Crippen LogP contribution in [0.15, 0.2) is 59.4 Å². The Morgan fingerprint density at radius 2 is 1.70 bits per heavy atom. The summed E-state index contributed by atoms with van der Waals surface area (Å²) in [4.78, 5) is 28.3. The van der Waals surface area contributed by atoms with Crippen molar-refractivity contribution in [2.45, 2.75) is 6.54 Å². The number of aryl methyl sites for hydroxylation is 1. The van der Waals surface area contributed by atoms with Crippen LogP contribution in [0.5, 0.6) is 0 Å². The van der Waals surface area contributed by atoms with Crippen molar-refractivity contribution in [1.82, 2.24) is 19.6 Å². The van der Waals surface area contributed by atoms with Gasteiger partial charge in [-0.2, -0.15) is 5.10 Å². The molecule has 0 radical (unpaired) electrons. The Morgan fingerprint density at radius 1 is 0.963 bits per heavy atom. The quantitative estimate of drug-likeness (QED) is 0.714. The topological polar surface area (TPSA) is 58.4 Å². The maximum absolute atomic E-state index is 12.6. The van der Waals surface area contributed by atoms with Crippen LogP contribution >= 0.6 is 0 Å². The number of nitrogens with zero attached hydrogens (tertiary/aromatic N) is 4. The number of piperazine rings is 1. The highest BCUT2D eigenvalue weighted by Gasteiger charge is 2.23. The monoisotopic (exact) mass is 362 g/mol. The van der Waals surface area contributed by atoms with Crippen LogP contribution in [0.3, 0.4) is 0 Å². The van der Waals surface area contributed by atoms with E-state index in [1.165, 1.54) is 33.2 Å². The summed E-state index contributed by atoms with van der Waals surface area (Å²) in [5.41, 5.74) is 1.42. The van der Waals surface area contributed by atoms with Gasteiger partial charge in [-0.05, 0) is 22.4 Å². The Balaban J connectivity index is 1.42. The molecule has 1 amide bonds. The summed E-state index contributed by atoms with van der Waals surface area (Å²) in [6.07, 6.45) is 0. The molecular formula is C21H22N4O2. The van der Waals surface area contributed by atoms with Crippen molar-refractivity contribution in [1.29, 1.82) is 0 Å². The minimum atomic E-state index is -0.216. The summed E-state index contributed by atoms with van der Waals surface area (Å²) >= 11 is 0. The van der Waals surface area contributed by atoms with Crippen LogP contribution in [0.4, 0.5) is 0 Å². The fourth-order valence-electron chi connectivity index (χ4n) is 3.56. The van der Waals surface area contributed by atoms with Crippen LogP contribution in [-0.4, -0.2) is 51.7 Å². The van der Waals surface area contributed by atoms with Gasteiger partial charge in [0.15, 0.2) is 0 Å². The average molecular weight is 362 g/mol. The summed E-state index contributed by atoms with van der Waals surface area (Å²) in [5.74, 6) is -0.115. The highest BCUT2D eigenvalue weighted by molar-refractivity contribution is 5.92. The number of carbonyl (C=O) groups is 1. The third-order valence-corrected chi connectivity index (χ3v) is 5.11. The first-order valence-electron chi connectivity index (χ1n) is 9.14. The molecule has 138 valence electrons. The molecule has 1 aliphatic heterocycles. The van der Waals surface area contributed by atoms with Crippen LogP contribution in [0.1, 0.15) is 16.1 Å². The van der Waals surface area contributed by atoms with Crippen LogP contribution < -0.4 is 5.56 Å². The minimum Gasteiger partial charge on any atom is -0.335 e. The normalized spacial score (nSPS) is 15.2. The molecule has 1 saturated heterocycles. The maximum Gasteiger partial charge on any atom is 0.274 e. The standard InChI is InChI=1S/C21H22N4O2/c1-23-20(26)10-9-19(22-23)21(27)25-13-11-24(12-14-25)15-17-7-4-6-16-5-2-3-8-18(16)17/h2-10H,11-15H2,1H3. The number of aromatic nitrogens is 2. The molecule has 0 N–H and O–H groups in total. The molecule has 1 fully saturated rings. The predicted molar refractivity (Wildman–Crippen MR) is 105 cm³/mol. The Kier molecular flexibility index (Phi) is 4.73. The van der Waals surface area contributed by atoms with Crippen molar-refractivity contribution in [3.8, 4) is 0 Å². The molecule has 0 bridgehead atoms. The summed E-state index contributed by atoms with van der Waals surface area (Å²) < 4.78 is 1.20. The van der Waals surface area contributed by atoms with Gasteiger partial charge < -0.3 is 4.90 Å². The highest BCUT2D eigenvalue weighted by Crippen LogP contribution is 2.20. The van der Waals surface area contributed by atoms with Crippen LogP contribution in [0, 0.1) is 0 Å². The van der Waals surface area contributed by atoms with Gasteiger partial charge in [0.05, 0.1) is 0 Å². The average Bonchev–Trinajstić information content (AvgIpc) is 2.70.